The van der Waals surface area contributed by atoms with E-state index < -0.39 is 0 Å². The molecule has 0 aliphatic rings. The number of nitrogens with two attached hydrogens (primary N) is 1. The number of amides is 1. The van der Waals surface area contributed by atoms with Crippen molar-refractivity contribution in [2.24, 2.45) is 11.7 Å². The van der Waals surface area contributed by atoms with Gasteiger partial charge < -0.3 is 10.6 Å². The molecule has 16 heavy (non-hydrogen) atoms. The van der Waals surface area contributed by atoms with Crippen molar-refractivity contribution in [3.8, 4) is 0 Å². The number of unbranched alkanes of at least 4 members (excludes halogenated alkanes) is 1. The predicted octanol–water partition coefficient (Wildman–Crippen LogP) is 2.40. The summed E-state index contributed by atoms with van der Waals surface area (Å²) in [6, 6.07) is -0.0799. The van der Waals surface area contributed by atoms with E-state index in [9.17, 15) is 4.79 Å². The Balaban J connectivity index is 4.36. The number of carbonyl (C=O) groups excluding carboxylic acids is 1. The van der Waals surface area contributed by atoms with Gasteiger partial charge in [0.15, 0.2) is 0 Å². The third-order valence-electron chi connectivity index (χ3n) is 2.65. The van der Waals surface area contributed by atoms with Crippen molar-refractivity contribution in [1.29, 1.82) is 0 Å². The lowest BCUT2D eigenvalue weighted by Crippen LogP contribution is -2.48. The highest BCUT2D eigenvalue weighted by Gasteiger charge is 2.23. The number of hydrogen-bond donors (Lipinski definition) is 1. The summed E-state index contributed by atoms with van der Waals surface area (Å²) in [5.41, 5.74) is 5.93. The second kappa shape index (κ2) is 7.66. The van der Waals surface area contributed by atoms with Crippen LogP contribution in [0.1, 0.15) is 53.9 Å². The maximum atomic E-state index is 12.1. The first-order valence-corrected chi connectivity index (χ1v) is 6.46. The monoisotopic (exact) mass is 228 g/mol. The standard InChI is InChI=1S/C13H28N2O/c1-6-7-8-12(14)13(16)15(11(4)5)9-10(2)3/h10-12H,6-9,14H2,1-5H3/t12-/m0/s1. The van der Waals surface area contributed by atoms with Crippen molar-refractivity contribution in [2.45, 2.75) is 66.0 Å². The van der Waals surface area contributed by atoms with Gasteiger partial charge in [0.1, 0.15) is 0 Å². The first-order valence-electron chi connectivity index (χ1n) is 6.46. The van der Waals surface area contributed by atoms with Crippen molar-refractivity contribution in [3.63, 3.8) is 0 Å². The second-order valence-electron chi connectivity index (χ2n) is 5.23. The zero-order valence-electron chi connectivity index (χ0n) is 11.5. The lowest BCUT2D eigenvalue weighted by Gasteiger charge is -2.30. The number of nitrogens with zero attached hydrogens (tertiary/aromatic N) is 1. The molecule has 0 aliphatic carbocycles. The Labute approximate surface area is 100 Å². The third kappa shape index (κ3) is 5.50. The fourth-order valence-electron chi connectivity index (χ4n) is 1.71. The molecule has 1 amide bonds. The third-order valence-corrected chi connectivity index (χ3v) is 2.65. The van der Waals surface area contributed by atoms with Crippen LogP contribution >= 0.6 is 0 Å². The van der Waals surface area contributed by atoms with Gasteiger partial charge in [-0.2, -0.15) is 0 Å². The summed E-state index contributed by atoms with van der Waals surface area (Å²) in [7, 11) is 0. The fraction of sp³-hybridized carbons (Fsp3) is 0.923. The van der Waals surface area contributed by atoms with Gasteiger partial charge in [-0.15, -0.1) is 0 Å². The highest BCUT2D eigenvalue weighted by molar-refractivity contribution is 5.81. The molecule has 0 bridgehead atoms. The highest BCUT2D eigenvalue weighted by Crippen LogP contribution is 2.09. The maximum Gasteiger partial charge on any atom is 0.239 e. The molecule has 0 aromatic heterocycles. The van der Waals surface area contributed by atoms with E-state index in [2.05, 4.69) is 20.8 Å². The molecule has 3 nitrogen and oxygen atoms in total. The lowest BCUT2D eigenvalue weighted by molar-refractivity contribution is -0.135. The summed E-state index contributed by atoms with van der Waals surface area (Å²) in [4.78, 5) is 14.0. The van der Waals surface area contributed by atoms with E-state index >= 15 is 0 Å². The summed E-state index contributed by atoms with van der Waals surface area (Å²) in [6.07, 6.45) is 2.92. The quantitative estimate of drug-likeness (QED) is 0.727. The zero-order chi connectivity index (χ0) is 12.7. The van der Waals surface area contributed by atoms with Gasteiger partial charge in [-0.3, -0.25) is 4.79 Å². The Kier molecular flexibility index (Phi) is 7.39. The largest absolute Gasteiger partial charge is 0.339 e. The molecule has 3 heteroatoms. The van der Waals surface area contributed by atoms with Crippen LogP contribution in [0.2, 0.25) is 0 Å². The topological polar surface area (TPSA) is 46.3 Å². The van der Waals surface area contributed by atoms with Crippen molar-refractivity contribution in [2.75, 3.05) is 6.54 Å². The smallest absolute Gasteiger partial charge is 0.239 e. The Hall–Kier alpha value is -0.570. The molecule has 0 aromatic carbocycles. The molecular weight excluding hydrogens is 200 g/mol. The van der Waals surface area contributed by atoms with Crippen LogP contribution in [-0.4, -0.2) is 29.4 Å². The first kappa shape index (κ1) is 15.4. The van der Waals surface area contributed by atoms with Crippen LogP contribution in [0.5, 0.6) is 0 Å². The molecule has 0 spiro atoms. The minimum atomic E-state index is -0.318. The SMILES string of the molecule is CCCC[C@H](N)C(=O)N(CC(C)C)C(C)C. The molecule has 1 atom stereocenters. The van der Waals surface area contributed by atoms with E-state index in [0.717, 1.165) is 25.8 Å². The number of hydrogen-bond acceptors (Lipinski definition) is 2. The normalized spacial score (nSPS) is 13.2. The van der Waals surface area contributed by atoms with Gasteiger partial charge in [-0.25, -0.2) is 0 Å². The van der Waals surface area contributed by atoms with Crippen molar-refractivity contribution < 1.29 is 4.79 Å². The summed E-state index contributed by atoms with van der Waals surface area (Å²) in [5, 5.41) is 0. The van der Waals surface area contributed by atoms with Crippen molar-refractivity contribution in [3.05, 3.63) is 0 Å². The van der Waals surface area contributed by atoms with Gasteiger partial charge in [-0.05, 0) is 26.2 Å². The van der Waals surface area contributed by atoms with E-state index in [-0.39, 0.29) is 18.0 Å². The molecule has 0 heterocycles. The van der Waals surface area contributed by atoms with E-state index in [0.29, 0.717) is 5.92 Å². The van der Waals surface area contributed by atoms with E-state index in [4.69, 9.17) is 5.73 Å². The summed E-state index contributed by atoms with van der Waals surface area (Å²) < 4.78 is 0. The van der Waals surface area contributed by atoms with Gasteiger partial charge >= 0.3 is 0 Å². The van der Waals surface area contributed by atoms with Gasteiger partial charge in [0.05, 0.1) is 6.04 Å². The molecule has 0 saturated carbocycles. The molecule has 0 aromatic rings. The molecule has 0 radical (unpaired) electrons. The van der Waals surface area contributed by atoms with Crippen LogP contribution in [0.15, 0.2) is 0 Å². The van der Waals surface area contributed by atoms with E-state index in [1.807, 2.05) is 18.7 Å². The average molecular weight is 228 g/mol. The van der Waals surface area contributed by atoms with E-state index in [1.165, 1.54) is 0 Å². The molecule has 0 rings (SSSR count). The van der Waals surface area contributed by atoms with Crippen LogP contribution in [0, 0.1) is 5.92 Å². The summed E-state index contributed by atoms with van der Waals surface area (Å²) in [5.74, 6) is 0.599. The first-order chi connectivity index (χ1) is 7.40. The molecule has 2 N–H and O–H groups in total. The zero-order valence-corrected chi connectivity index (χ0v) is 11.5. The molecule has 96 valence electrons. The molecule has 0 unspecified atom stereocenters. The van der Waals surface area contributed by atoms with Gasteiger partial charge in [0, 0.05) is 12.6 Å². The van der Waals surface area contributed by atoms with Crippen LogP contribution in [0.4, 0.5) is 0 Å². The number of carbonyl (C=O) groups is 1. The van der Waals surface area contributed by atoms with Crippen molar-refractivity contribution >= 4 is 5.91 Å². The van der Waals surface area contributed by atoms with E-state index in [1.54, 1.807) is 0 Å². The second-order valence-corrected chi connectivity index (χ2v) is 5.23. The highest BCUT2D eigenvalue weighted by atomic mass is 16.2. The molecule has 0 saturated heterocycles. The summed E-state index contributed by atoms with van der Waals surface area (Å²) >= 11 is 0. The molecular formula is C13H28N2O. The van der Waals surface area contributed by atoms with Crippen LogP contribution in [0.3, 0.4) is 0 Å². The van der Waals surface area contributed by atoms with Crippen LogP contribution in [0.25, 0.3) is 0 Å². The van der Waals surface area contributed by atoms with Gasteiger partial charge in [0.2, 0.25) is 5.91 Å². The molecule has 0 fully saturated rings. The molecule has 0 aliphatic heterocycles. The van der Waals surface area contributed by atoms with Crippen LogP contribution < -0.4 is 5.73 Å². The minimum Gasteiger partial charge on any atom is -0.339 e. The minimum absolute atomic E-state index is 0.108. The Morgan fingerprint density at radius 3 is 2.19 bits per heavy atom. The van der Waals surface area contributed by atoms with Gasteiger partial charge in [0.25, 0.3) is 0 Å². The lowest BCUT2D eigenvalue weighted by atomic mass is 10.1. The predicted molar refractivity (Wildman–Crippen MR) is 69.2 cm³/mol. The van der Waals surface area contributed by atoms with Crippen molar-refractivity contribution in [1.82, 2.24) is 4.90 Å². The Morgan fingerprint density at radius 1 is 1.25 bits per heavy atom. The Morgan fingerprint density at radius 2 is 1.81 bits per heavy atom. The summed E-state index contributed by atoms with van der Waals surface area (Å²) in [6.45, 7) is 11.3. The maximum absolute atomic E-state index is 12.1. The fourth-order valence-corrected chi connectivity index (χ4v) is 1.71. The Bertz CT molecular complexity index is 202. The average Bonchev–Trinajstić information content (AvgIpc) is 2.20. The van der Waals surface area contributed by atoms with Crippen LogP contribution in [-0.2, 0) is 4.79 Å². The number of rotatable bonds is 7. The van der Waals surface area contributed by atoms with Gasteiger partial charge in [-0.1, -0.05) is 33.6 Å².